The van der Waals surface area contributed by atoms with Crippen LogP contribution in [0.25, 0.3) is 0 Å². The number of sulfonamides is 1. The molecule has 0 radical (unpaired) electrons. The lowest BCUT2D eigenvalue weighted by atomic mass is 10.2. The highest BCUT2D eigenvalue weighted by molar-refractivity contribution is 8.14. The number of hydrazine groups is 1. The zero-order valence-corrected chi connectivity index (χ0v) is 33.0. The number of nitrogen functional groups attached to an aromatic ring is 4. The van der Waals surface area contributed by atoms with Crippen molar-refractivity contribution in [2.75, 3.05) is 33.0 Å². The molecule has 3 aliphatic carbocycles. The molecule has 16 N–H and O–H groups in total. The van der Waals surface area contributed by atoms with Gasteiger partial charge in [-0.1, -0.05) is 0 Å². The van der Waals surface area contributed by atoms with Gasteiger partial charge in [-0.3, -0.25) is 41.4 Å². The second-order valence-electron chi connectivity index (χ2n) is 12.4. The van der Waals surface area contributed by atoms with Crippen LogP contribution < -0.4 is 44.7 Å². The summed E-state index contributed by atoms with van der Waals surface area (Å²) >= 11 is 0. The molecule has 22 nitrogen and oxygen atoms in total. The zero-order chi connectivity index (χ0) is 41.9. The molecule has 0 spiro atoms. The topological polar surface area (TPSA) is 417 Å². The minimum absolute atomic E-state index is 0. The van der Waals surface area contributed by atoms with Gasteiger partial charge in [-0.25, -0.2) is 25.3 Å². The molecule has 3 aromatic carbocycles. The van der Waals surface area contributed by atoms with Crippen LogP contribution in [0.15, 0.2) is 54.6 Å². The van der Waals surface area contributed by atoms with E-state index in [2.05, 4.69) is 21.7 Å². The average Bonchev–Trinajstić information content (AvgIpc) is 3.89. The van der Waals surface area contributed by atoms with E-state index in [0.717, 1.165) is 31.0 Å². The summed E-state index contributed by atoms with van der Waals surface area (Å²) in [6.45, 7) is 1.43. The third-order valence-electron chi connectivity index (χ3n) is 7.21. The van der Waals surface area contributed by atoms with Crippen molar-refractivity contribution < 1.29 is 45.4 Å². The maximum Gasteiger partial charge on any atom is 0.278 e. The van der Waals surface area contributed by atoms with Gasteiger partial charge in [-0.05, 0) is 80.5 Å². The number of benzene rings is 3. The standard InChI is InChI=1S/C13H18N2O4S2.C8H11N3O.C6H5N3O4.C3H5ClO2S.H4N2.H2O/c14-10-5-9(8-20(16,17)12-1-2-12)6-11(7-10)15-21(18,19)13-3-4-13;1-5(12)11-8-3-6(9)2-7(10)4-8;7-4-1-5(8(10)11)3-6(2-4)9(12)13;4-7(5,6)3-1-2-3;1-2;/h5-7,12-13,15H,1-4,8,14H2;2-4H,9-10H2,1H3,(H,11,12);1-3H,7H2;3H,1-2H2;1-2H2;1H2. The van der Waals surface area contributed by atoms with Crippen molar-refractivity contribution in [1.82, 2.24) is 0 Å². The van der Waals surface area contributed by atoms with E-state index >= 15 is 0 Å². The van der Waals surface area contributed by atoms with Gasteiger partial charge >= 0.3 is 0 Å². The lowest BCUT2D eigenvalue weighted by Crippen LogP contribution is -2.18. The van der Waals surface area contributed by atoms with Crippen molar-refractivity contribution in [3.05, 3.63) is 80.4 Å². The van der Waals surface area contributed by atoms with Crippen LogP contribution in [0.1, 0.15) is 51.0 Å². The summed E-state index contributed by atoms with van der Waals surface area (Å²) in [5.41, 5.74) is 24.1. The molecule has 0 unspecified atom stereocenters. The Kier molecular flexibility index (Phi) is 18.1. The monoisotopic (exact) mass is 868 g/mol. The second-order valence-corrected chi connectivity index (χ2v) is 19.5. The molecule has 0 bridgehead atoms. The fraction of sp³-hybridized carbons (Fsp3) is 0.367. The Balaban J connectivity index is 0.000000390. The van der Waals surface area contributed by atoms with E-state index in [1.54, 1.807) is 30.3 Å². The summed E-state index contributed by atoms with van der Waals surface area (Å²) in [4.78, 5) is 29.7. The number of non-ortho nitro benzene ring substituents is 2. The predicted octanol–water partition coefficient (Wildman–Crippen LogP) is 1.86. The second kappa shape index (κ2) is 20.7. The number of halogens is 1. The number of anilines is 6. The smallest absolute Gasteiger partial charge is 0.278 e. The highest BCUT2D eigenvalue weighted by Gasteiger charge is 2.37. The number of nitrogens with one attached hydrogen (secondary N) is 2. The molecule has 0 aromatic heterocycles. The van der Waals surface area contributed by atoms with Crippen LogP contribution in [-0.2, 0) is 39.5 Å². The number of nitro benzene ring substituents is 2. The largest absolute Gasteiger partial charge is 0.412 e. The van der Waals surface area contributed by atoms with Crippen LogP contribution in [-0.4, -0.2) is 62.2 Å². The van der Waals surface area contributed by atoms with Crippen molar-refractivity contribution in [2.45, 2.75) is 67.0 Å². The number of carbonyl (C=O) groups is 1. The Bertz CT molecular complexity index is 2090. The first kappa shape index (κ1) is 49.0. The molecule has 0 aliphatic heterocycles. The number of sulfone groups is 1. The first-order valence-corrected chi connectivity index (χ1v) is 21.6. The number of nitrogens with two attached hydrogens (primary N) is 6. The van der Waals surface area contributed by atoms with Gasteiger partial charge in [0.25, 0.3) is 11.4 Å². The number of rotatable bonds is 10. The number of nitro groups is 2. The van der Waals surface area contributed by atoms with Gasteiger partial charge in [0.05, 0.1) is 43.1 Å². The van der Waals surface area contributed by atoms with Gasteiger partial charge < -0.3 is 33.7 Å². The molecular formula is C30H45ClN10O12S3. The molecule has 26 heteroatoms. The molecule has 3 aromatic rings. The van der Waals surface area contributed by atoms with Crippen molar-refractivity contribution in [2.24, 2.45) is 11.7 Å². The maximum absolute atomic E-state index is 12.0. The quantitative estimate of drug-likeness (QED) is 0.0474. The Morgan fingerprint density at radius 1 is 0.679 bits per heavy atom. The molecule has 56 heavy (non-hydrogen) atoms. The van der Waals surface area contributed by atoms with Crippen LogP contribution in [0.3, 0.4) is 0 Å². The summed E-state index contributed by atoms with van der Waals surface area (Å²) in [6, 6.07) is 12.6. The SMILES string of the molecule is CC(=O)Nc1cc(N)cc(N)c1.NN.Nc1cc(CS(=O)(=O)C2CC2)cc(NS(=O)(=O)C2CC2)c1.Nc1cc([N+](=O)[O-])cc([N+](=O)[O-])c1.O.O=S(=O)(Cl)C1CC1. The number of hydrogen-bond acceptors (Lipinski definition) is 17. The summed E-state index contributed by atoms with van der Waals surface area (Å²) in [6.07, 6.45) is 4.27. The Morgan fingerprint density at radius 3 is 1.46 bits per heavy atom. The van der Waals surface area contributed by atoms with Crippen LogP contribution in [0, 0.1) is 20.2 Å². The molecule has 3 saturated carbocycles. The highest BCUT2D eigenvalue weighted by Crippen LogP contribution is 2.33. The fourth-order valence-electron chi connectivity index (χ4n) is 4.39. The Morgan fingerprint density at radius 2 is 1.09 bits per heavy atom. The Hall–Kier alpha value is -5.05. The van der Waals surface area contributed by atoms with E-state index in [1.807, 2.05) is 0 Å². The third-order valence-corrected chi connectivity index (χ3v) is 13.3. The number of amides is 1. The molecule has 3 aliphatic rings. The molecule has 0 heterocycles. The van der Waals surface area contributed by atoms with Gasteiger partial charge in [-0.2, -0.15) is 0 Å². The highest BCUT2D eigenvalue weighted by atomic mass is 35.7. The number of hydrogen-bond donors (Lipinski definition) is 8. The van der Waals surface area contributed by atoms with Crippen molar-refractivity contribution in [3.8, 4) is 0 Å². The fourth-order valence-corrected chi connectivity index (χ4v) is 8.72. The van der Waals surface area contributed by atoms with E-state index < -0.39 is 38.8 Å². The molecule has 6 rings (SSSR count). The van der Waals surface area contributed by atoms with Crippen molar-refractivity contribution in [1.29, 1.82) is 0 Å². The van der Waals surface area contributed by atoms with E-state index in [1.165, 1.54) is 13.0 Å². The normalized spacial score (nSPS) is 14.4. The summed E-state index contributed by atoms with van der Waals surface area (Å²) in [5.74, 6) is 7.76. The molecule has 1 amide bonds. The van der Waals surface area contributed by atoms with Crippen molar-refractivity contribution in [3.63, 3.8) is 0 Å². The molecule has 3 fully saturated rings. The van der Waals surface area contributed by atoms with Gasteiger partial charge in [0.2, 0.25) is 25.0 Å². The van der Waals surface area contributed by atoms with Gasteiger partial charge in [0, 0.05) is 58.2 Å². The summed E-state index contributed by atoms with van der Waals surface area (Å²) < 4.78 is 70.7. The zero-order valence-electron chi connectivity index (χ0n) is 29.8. The third kappa shape index (κ3) is 17.6. The average molecular weight is 869 g/mol. The number of carbonyl (C=O) groups excluding carboxylic acids is 1. The minimum Gasteiger partial charge on any atom is -0.412 e. The van der Waals surface area contributed by atoms with Gasteiger partial charge in [0.15, 0.2) is 9.84 Å². The molecular weight excluding hydrogens is 824 g/mol. The van der Waals surface area contributed by atoms with Crippen molar-refractivity contribution >= 4 is 91.0 Å². The molecule has 312 valence electrons. The van der Waals surface area contributed by atoms with E-state index in [0.29, 0.717) is 59.7 Å². The lowest BCUT2D eigenvalue weighted by molar-refractivity contribution is -0.394. The first-order chi connectivity index (χ1) is 25.4. The summed E-state index contributed by atoms with van der Waals surface area (Å²) in [5, 5.41) is 22.3. The molecule has 0 atom stereocenters. The lowest BCUT2D eigenvalue weighted by Gasteiger charge is -2.10. The number of nitrogens with zero attached hydrogens (tertiary/aromatic N) is 2. The minimum atomic E-state index is -3.38. The van der Waals surface area contributed by atoms with Crippen LogP contribution in [0.2, 0.25) is 0 Å². The van der Waals surface area contributed by atoms with Crippen LogP contribution >= 0.6 is 10.7 Å². The van der Waals surface area contributed by atoms with E-state index in [-0.39, 0.29) is 49.9 Å². The van der Waals surface area contributed by atoms with Crippen LogP contribution in [0.4, 0.5) is 45.5 Å². The predicted molar refractivity (Wildman–Crippen MR) is 216 cm³/mol. The Labute approximate surface area is 327 Å². The van der Waals surface area contributed by atoms with Crippen LogP contribution in [0.5, 0.6) is 0 Å². The maximum atomic E-state index is 12.0. The van der Waals surface area contributed by atoms with Gasteiger partial charge in [-0.15, -0.1) is 0 Å². The molecule has 0 saturated heterocycles. The first-order valence-electron chi connectivity index (χ1n) is 16.0. The van der Waals surface area contributed by atoms with E-state index in [9.17, 15) is 50.3 Å². The van der Waals surface area contributed by atoms with E-state index in [4.69, 9.17) is 33.6 Å². The summed E-state index contributed by atoms with van der Waals surface area (Å²) in [7, 11) is -4.79. The van der Waals surface area contributed by atoms with Gasteiger partial charge in [0.1, 0.15) is 0 Å².